The number of hydrogen-bond donors (Lipinski definition) is 1. The number of hydrogen-bond acceptors (Lipinski definition) is 2. The van der Waals surface area contributed by atoms with Crippen molar-refractivity contribution in [3.05, 3.63) is 24.5 Å². The number of aliphatic hydroxyl groups is 1. The highest BCUT2D eigenvalue weighted by atomic mass is 16.5. The molecule has 5 saturated carbocycles. The van der Waals surface area contributed by atoms with Gasteiger partial charge in [0.2, 0.25) is 0 Å². The van der Waals surface area contributed by atoms with Crippen LogP contribution in [-0.2, 0) is 4.74 Å². The Morgan fingerprint density at radius 3 is 2.14 bits per heavy atom. The molecule has 1 N–H and O–H groups in total. The van der Waals surface area contributed by atoms with Crippen LogP contribution in [0.15, 0.2) is 24.5 Å². The Morgan fingerprint density at radius 1 is 0.800 bits per heavy atom. The fourth-order valence-corrected chi connectivity index (χ4v) is 12.0. The third-order valence-electron chi connectivity index (χ3n) is 13.8. The lowest BCUT2D eigenvalue weighted by Crippen LogP contribution is -2.66. The Labute approximate surface area is 216 Å². The predicted octanol–water partition coefficient (Wildman–Crippen LogP) is 8.56. The van der Waals surface area contributed by atoms with E-state index in [4.69, 9.17) is 4.74 Å². The molecule has 0 aliphatic heterocycles. The van der Waals surface area contributed by atoms with E-state index in [2.05, 4.69) is 54.7 Å². The molecule has 5 rings (SSSR count). The van der Waals surface area contributed by atoms with E-state index in [9.17, 15) is 5.11 Å². The summed E-state index contributed by atoms with van der Waals surface area (Å²) in [5.74, 6) is 4.33. The number of rotatable bonds is 4. The molecule has 0 aromatic carbocycles. The van der Waals surface area contributed by atoms with E-state index >= 15 is 0 Å². The molecule has 0 saturated heterocycles. The molecule has 198 valence electrons. The topological polar surface area (TPSA) is 29.5 Å². The van der Waals surface area contributed by atoms with Gasteiger partial charge >= 0.3 is 0 Å². The maximum absolute atomic E-state index is 10.7. The summed E-state index contributed by atoms with van der Waals surface area (Å²) in [6.45, 7) is 26.3. The monoisotopic (exact) mass is 482 g/mol. The summed E-state index contributed by atoms with van der Waals surface area (Å²) in [5.41, 5.74) is 2.82. The average molecular weight is 483 g/mol. The van der Waals surface area contributed by atoms with Crippen molar-refractivity contribution in [2.24, 2.45) is 56.7 Å². The predicted molar refractivity (Wildman–Crippen MR) is 146 cm³/mol. The normalized spacial score (nSPS) is 52.5. The molecule has 0 bridgehead atoms. The summed E-state index contributed by atoms with van der Waals surface area (Å²) >= 11 is 0. The van der Waals surface area contributed by atoms with E-state index < -0.39 is 0 Å². The molecule has 5 aliphatic carbocycles. The van der Waals surface area contributed by atoms with Crippen LogP contribution in [0.25, 0.3) is 0 Å². The molecular formula is C33H54O2. The summed E-state index contributed by atoms with van der Waals surface area (Å²) < 4.78 is 6.35. The van der Waals surface area contributed by atoms with Gasteiger partial charge in [-0.3, -0.25) is 0 Å². The molecule has 35 heavy (non-hydrogen) atoms. The van der Waals surface area contributed by atoms with E-state index in [1.54, 1.807) is 0 Å². The average Bonchev–Trinajstić information content (AvgIpc) is 3.16. The second-order valence-corrected chi connectivity index (χ2v) is 15.4. The third kappa shape index (κ3) is 3.29. The van der Waals surface area contributed by atoms with Crippen LogP contribution in [0, 0.1) is 56.7 Å². The van der Waals surface area contributed by atoms with E-state index in [1.165, 1.54) is 63.4 Å². The zero-order chi connectivity index (χ0) is 25.6. The maximum atomic E-state index is 10.7. The molecule has 0 aromatic rings. The van der Waals surface area contributed by atoms with E-state index in [1.807, 2.05) is 6.92 Å². The first-order valence-electron chi connectivity index (χ1n) is 14.9. The number of fused-ring (bicyclic) bond motifs is 7. The molecule has 5 fully saturated rings. The largest absolute Gasteiger partial charge is 0.495 e. The van der Waals surface area contributed by atoms with Gasteiger partial charge < -0.3 is 9.84 Å². The van der Waals surface area contributed by atoms with E-state index in [0.717, 1.165) is 24.0 Å². The van der Waals surface area contributed by atoms with Crippen molar-refractivity contribution >= 4 is 0 Å². The summed E-state index contributed by atoms with van der Waals surface area (Å²) in [4.78, 5) is 0. The Balaban J connectivity index is 1.51. The minimum atomic E-state index is 0.151. The molecule has 0 aromatic heterocycles. The molecule has 2 nitrogen and oxygen atoms in total. The Hall–Kier alpha value is -0.760. The first kappa shape index (κ1) is 25.9. The first-order valence-corrected chi connectivity index (χ1v) is 14.9. The van der Waals surface area contributed by atoms with Crippen molar-refractivity contribution in [2.45, 2.75) is 119 Å². The highest BCUT2D eigenvalue weighted by Gasteiger charge is 2.70. The van der Waals surface area contributed by atoms with Crippen LogP contribution in [-0.4, -0.2) is 17.8 Å². The number of allylic oxidation sites excluding steroid dienone is 2. The van der Waals surface area contributed by atoms with Gasteiger partial charge in [-0.25, -0.2) is 0 Å². The molecule has 0 radical (unpaired) electrons. The smallest absolute Gasteiger partial charge is 0.104 e. The Morgan fingerprint density at radius 2 is 1.51 bits per heavy atom. The molecular weight excluding hydrogens is 428 g/mol. The minimum Gasteiger partial charge on any atom is -0.495 e. The SMILES string of the molecule is C=C(C)O[C@H]1CC[C@]2(C)[C@H]3CC[C@@H]4[C@H]5[C@H](C(=C)C)CC[C@]5(CO)CC[C@@]4(C)[C@]3(C)CC[C@H]2C1(C)C. The summed E-state index contributed by atoms with van der Waals surface area (Å²) in [5, 5.41) is 10.7. The molecule has 5 aliphatic rings. The quantitative estimate of drug-likeness (QED) is 0.321. The van der Waals surface area contributed by atoms with Crippen molar-refractivity contribution in [3.63, 3.8) is 0 Å². The lowest BCUT2D eigenvalue weighted by Gasteiger charge is -2.73. The first-order chi connectivity index (χ1) is 16.3. The highest BCUT2D eigenvalue weighted by Crippen LogP contribution is 2.77. The maximum Gasteiger partial charge on any atom is 0.104 e. The van der Waals surface area contributed by atoms with E-state index in [-0.39, 0.29) is 10.8 Å². The molecule has 0 amide bonds. The molecule has 10 atom stereocenters. The highest BCUT2D eigenvalue weighted by molar-refractivity contribution is 5.21. The fraction of sp³-hybridized carbons (Fsp3) is 0.879. The van der Waals surface area contributed by atoms with Crippen LogP contribution >= 0.6 is 0 Å². The Bertz CT molecular complexity index is 888. The lowest BCUT2D eigenvalue weighted by atomic mass is 9.32. The van der Waals surface area contributed by atoms with Crippen LogP contribution < -0.4 is 0 Å². The van der Waals surface area contributed by atoms with Crippen LogP contribution in [0.2, 0.25) is 0 Å². The van der Waals surface area contributed by atoms with Gasteiger partial charge in [0.25, 0.3) is 0 Å². The summed E-state index contributed by atoms with van der Waals surface area (Å²) in [6.07, 6.45) is 13.1. The van der Waals surface area contributed by atoms with Crippen molar-refractivity contribution in [2.75, 3.05) is 6.61 Å². The van der Waals surface area contributed by atoms with Crippen LogP contribution in [0.3, 0.4) is 0 Å². The van der Waals surface area contributed by atoms with Gasteiger partial charge in [0, 0.05) is 12.0 Å². The fourth-order valence-electron chi connectivity index (χ4n) is 12.0. The summed E-state index contributed by atoms with van der Waals surface area (Å²) in [6, 6.07) is 0. The van der Waals surface area contributed by atoms with Crippen molar-refractivity contribution < 1.29 is 9.84 Å². The zero-order valence-corrected chi connectivity index (χ0v) is 24.0. The van der Waals surface area contributed by atoms with Crippen LogP contribution in [0.4, 0.5) is 0 Å². The van der Waals surface area contributed by atoms with Gasteiger partial charge in [-0.05, 0) is 129 Å². The number of aliphatic hydroxyl groups excluding tert-OH is 1. The van der Waals surface area contributed by atoms with Crippen LogP contribution in [0.5, 0.6) is 0 Å². The van der Waals surface area contributed by atoms with Gasteiger partial charge in [0.05, 0.1) is 5.76 Å². The second-order valence-electron chi connectivity index (χ2n) is 15.4. The Kier molecular flexibility index (Phi) is 6.00. The van der Waals surface area contributed by atoms with Gasteiger partial charge in [0.15, 0.2) is 0 Å². The van der Waals surface area contributed by atoms with E-state index in [0.29, 0.717) is 46.7 Å². The molecule has 2 heteroatoms. The second kappa shape index (κ2) is 8.12. The molecule has 0 spiro atoms. The van der Waals surface area contributed by atoms with Crippen molar-refractivity contribution in [1.82, 2.24) is 0 Å². The van der Waals surface area contributed by atoms with Gasteiger partial charge in [0.1, 0.15) is 6.10 Å². The van der Waals surface area contributed by atoms with Crippen molar-refractivity contribution in [1.29, 1.82) is 0 Å². The molecule has 0 heterocycles. The standard InChI is InChI=1S/C33H54O2/c1-21(2)23-12-17-33(20-34)19-18-31(8)24(28(23)33)10-11-26-30(7)15-14-27(35-22(3)4)29(5,6)25(30)13-16-32(26,31)9/h23-28,34H,1,3,10-20H2,2,4-9H3/t23-,24+,25-,26+,27-,28+,30-,31+,32+,33+/m0/s1. The van der Waals surface area contributed by atoms with Gasteiger partial charge in [-0.2, -0.15) is 0 Å². The van der Waals surface area contributed by atoms with Gasteiger partial charge in [-0.1, -0.05) is 53.3 Å². The zero-order valence-electron chi connectivity index (χ0n) is 24.0. The van der Waals surface area contributed by atoms with Crippen LogP contribution in [0.1, 0.15) is 113 Å². The molecule has 0 unspecified atom stereocenters. The lowest BCUT2D eigenvalue weighted by molar-refractivity contribution is -0.250. The summed E-state index contributed by atoms with van der Waals surface area (Å²) in [7, 11) is 0. The third-order valence-corrected chi connectivity index (χ3v) is 13.8. The number of ether oxygens (including phenoxy) is 1. The minimum absolute atomic E-state index is 0.151. The van der Waals surface area contributed by atoms with Gasteiger partial charge in [-0.15, -0.1) is 0 Å². The van der Waals surface area contributed by atoms with Crippen molar-refractivity contribution in [3.8, 4) is 0 Å².